The second-order valence-corrected chi connectivity index (χ2v) is 6.11. The normalized spacial score (nSPS) is 10.9. The maximum atomic E-state index is 12.4. The van der Waals surface area contributed by atoms with Crippen LogP contribution >= 0.6 is 11.3 Å². The second kappa shape index (κ2) is 5.09. The summed E-state index contributed by atoms with van der Waals surface area (Å²) in [7, 11) is 1.82. The minimum absolute atomic E-state index is 0.0270. The van der Waals surface area contributed by atoms with E-state index in [1.165, 1.54) is 0 Å². The van der Waals surface area contributed by atoms with Crippen molar-refractivity contribution in [2.45, 2.75) is 13.5 Å². The maximum Gasteiger partial charge on any atom is 0.253 e. The molecule has 1 aromatic carbocycles. The molecule has 0 bridgehead atoms. The molecule has 5 heteroatoms. The summed E-state index contributed by atoms with van der Waals surface area (Å²) in [4.78, 5) is 22.6. The van der Waals surface area contributed by atoms with Crippen molar-refractivity contribution in [3.63, 3.8) is 0 Å². The third-order valence-electron chi connectivity index (χ3n) is 3.21. The summed E-state index contributed by atoms with van der Waals surface area (Å²) in [6.45, 7) is 2.56. The number of hydrogen-bond donors (Lipinski definition) is 1. The van der Waals surface area contributed by atoms with Gasteiger partial charge in [0.05, 0.1) is 11.6 Å². The Morgan fingerprint density at radius 2 is 2.25 bits per heavy atom. The number of nitrogens with one attached hydrogen (secondary N) is 1. The largest absolute Gasteiger partial charge is 0.361 e. The van der Waals surface area contributed by atoms with E-state index in [4.69, 9.17) is 0 Å². The molecule has 1 amide bonds. The molecule has 0 saturated heterocycles. The van der Waals surface area contributed by atoms with Gasteiger partial charge in [-0.3, -0.25) is 4.79 Å². The number of carbonyl (C=O) groups excluding carboxylic acids is 1. The van der Waals surface area contributed by atoms with Crippen LogP contribution in [-0.2, 0) is 6.54 Å². The number of hydrogen-bond acceptors (Lipinski definition) is 3. The van der Waals surface area contributed by atoms with E-state index in [9.17, 15) is 4.79 Å². The average Bonchev–Trinajstić information content (AvgIpc) is 3.05. The number of aromatic amines is 1. The van der Waals surface area contributed by atoms with E-state index in [1.54, 1.807) is 16.2 Å². The Hall–Kier alpha value is -2.14. The van der Waals surface area contributed by atoms with E-state index in [1.807, 2.05) is 50.6 Å². The van der Waals surface area contributed by atoms with Crippen molar-refractivity contribution in [2.75, 3.05) is 7.05 Å². The van der Waals surface area contributed by atoms with Crippen molar-refractivity contribution in [1.82, 2.24) is 14.9 Å². The number of amides is 1. The first-order valence-corrected chi connectivity index (χ1v) is 7.19. The number of aryl methyl sites for hydroxylation is 1. The first kappa shape index (κ1) is 12.9. The molecule has 0 radical (unpaired) electrons. The fourth-order valence-electron chi connectivity index (χ4n) is 2.19. The van der Waals surface area contributed by atoms with Gasteiger partial charge in [-0.1, -0.05) is 0 Å². The van der Waals surface area contributed by atoms with Crippen molar-refractivity contribution in [3.8, 4) is 0 Å². The van der Waals surface area contributed by atoms with Gasteiger partial charge in [0.15, 0.2) is 0 Å². The summed E-state index contributed by atoms with van der Waals surface area (Å²) in [6.07, 6.45) is 3.71. The van der Waals surface area contributed by atoms with Crippen LogP contribution in [0, 0.1) is 6.92 Å². The summed E-state index contributed by atoms with van der Waals surface area (Å²) in [6, 6.07) is 7.68. The van der Waals surface area contributed by atoms with Crippen LogP contribution in [-0.4, -0.2) is 27.8 Å². The van der Waals surface area contributed by atoms with Gasteiger partial charge in [-0.2, -0.15) is 0 Å². The monoisotopic (exact) mass is 285 g/mol. The number of benzene rings is 1. The number of nitrogens with zero attached hydrogens (tertiary/aromatic N) is 2. The fourth-order valence-corrected chi connectivity index (χ4v) is 3.04. The molecule has 3 aromatic rings. The van der Waals surface area contributed by atoms with E-state index in [-0.39, 0.29) is 5.91 Å². The summed E-state index contributed by atoms with van der Waals surface area (Å²) in [5, 5.41) is 2.08. The lowest BCUT2D eigenvalue weighted by molar-refractivity contribution is 0.0786. The van der Waals surface area contributed by atoms with Crippen LogP contribution in [0.1, 0.15) is 20.2 Å². The third kappa shape index (κ3) is 2.44. The van der Waals surface area contributed by atoms with Gasteiger partial charge in [0.2, 0.25) is 0 Å². The van der Waals surface area contributed by atoms with E-state index < -0.39 is 0 Å². The van der Waals surface area contributed by atoms with Gasteiger partial charge < -0.3 is 9.88 Å². The smallest absolute Gasteiger partial charge is 0.253 e. The van der Waals surface area contributed by atoms with Gasteiger partial charge in [-0.25, -0.2) is 4.98 Å². The minimum Gasteiger partial charge on any atom is -0.361 e. The molecular formula is C15H15N3OS. The summed E-state index contributed by atoms with van der Waals surface area (Å²) >= 11 is 1.62. The number of aromatic nitrogens is 2. The molecule has 20 heavy (non-hydrogen) atoms. The Morgan fingerprint density at radius 1 is 1.40 bits per heavy atom. The quantitative estimate of drug-likeness (QED) is 0.803. The number of H-pyrrole nitrogens is 1. The lowest BCUT2D eigenvalue weighted by Crippen LogP contribution is -2.25. The molecule has 0 spiro atoms. The minimum atomic E-state index is 0.0270. The van der Waals surface area contributed by atoms with Gasteiger partial charge in [0.25, 0.3) is 5.91 Å². The first-order chi connectivity index (χ1) is 9.63. The Kier molecular flexibility index (Phi) is 3.28. The van der Waals surface area contributed by atoms with E-state index in [0.717, 1.165) is 20.8 Å². The summed E-state index contributed by atoms with van der Waals surface area (Å²) in [5.74, 6) is 0.0270. The summed E-state index contributed by atoms with van der Waals surface area (Å²) in [5.41, 5.74) is 1.75. The number of thiazole rings is 1. The number of carbonyl (C=O) groups is 1. The second-order valence-electron chi connectivity index (χ2n) is 4.79. The number of rotatable bonds is 3. The van der Waals surface area contributed by atoms with E-state index in [0.29, 0.717) is 12.1 Å². The molecule has 0 fully saturated rings. The molecule has 3 rings (SSSR count). The van der Waals surface area contributed by atoms with Gasteiger partial charge in [0.1, 0.15) is 0 Å². The van der Waals surface area contributed by atoms with Crippen LogP contribution in [0.2, 0.25) is 0 Å². The predicted octanol–water partition coefficient (Wildman–Crippen LogP) is 3.21. The molecule has 0 atom stereocenters. The molecule has 0 aliphatic rings. The van der Waals surface area contributed by atoms with Crippen molar-refractivity contribution in [1.29, 1.82) is 0 Å². The van der Waals surface area contributed by atoms with E-state index in [2.05, 4.69) is 9.97 Å². The van der Waals surface area contributed by atoms with Gasteiger partial charge in [0, 0.05) is 40.8 Å². The molecule has 1 N–H and O–H groups in total. The van der Waals surface area contributed by atoms with Crippen molar-refractivity contribution in [3.05, 3.63) is 52.1 Å². The Balaban J connectivity index is 1.80. The highest BCUT2D eigenvalue weighted by Crippen LogP contribution is 2.18. The zero-order valence-electron chi connectivity index (χ0n) is 11.4. The molecule has 0 unspecified atom stereocenters. The maximum absolute atomic E-state index is 12.4. The lowest BCUT2D eigenvalue weighted by Gasteiger charge is -2.16. The standard InChI is InChI=1S/C15H15N3OS/c1-10-17-8-13(20-10)9-18(2)15(19)12-3-4-14-11(7-12)5-6-16-14/h3-8,16H,9H2,1-2H3. The fraction of sp³-hybridized carbons (Fsp3) is 0.200. The molecule has 0 aliphatic heterocycles. The van der Waals surface area contributed by atoms with Gasteiger partial charge >= 0.3 is 0 Å². The zero-order chi connectivity index (χ0) is 14.1. The Labute approximate surface area is 121 Å². The lowest BCUT2D eigenvalue weighted by atomic mass is 10.1. The van der Waals surface area contributed by atoms with Crippen LogP contribution < -0.4 is 0 Å². The van der Waals surface area contributed by atoms with Crippen LogP contribution in [0.15, 0.2) is 36.7 Å². The molecular weight excluding hydrogens is 270 g/mol. The molecule has 0 saturated carbocycles. The zero-order valence-corrected chi connectivity index (χ0v) is 12.2. The molecule has 0 aliphatic carbocycles. The molecule has 2 heterocycles. The highest BCUT2D eigenvalue weighted by molar-refractivity contribution is 7.11. The predicted molar refractivity (Wildman–Crippen MR) is 80.9 cm³/mol. The average molecular weight is 285 g/mol. The Bertz CT molecular complexity index is 759. The molecule has 2 aromatic heterocycles. The van der Waals surface area contributed by atoms with Crippen molar-refractivity contribution in [2.24, 2.45) is 0 Å². The van der Waals surface area contributed by atoms with Gasteiger partial charge in [-0.15, -0.1) is 11.3 Å². The topological polar surface area (TPSA) is 49.0 Å². The highest BCUT2D eigenvalue weighted by Gasteiger charge is 2.13. The third-order valence-corrected chi connectivity index (χ3v) is 4.11. The number of fused-ring (bicyclic) bond motifs is 1. The highest BCUT2D eigenvalue weighted by atomic mass is 32.1. The molecule has 4 nitrogen and oxygen atoms in total. The van der Waals surface area contributed by atoms with Crippen molar-refractivity contribution < 1.29 is 4.79 Å². The van der Waals surface area contributed by atoms with Gasteiger partial charge in [-0.05, 0) is 31.2 Å². The first-order valence-electron chi connectivity index (χ1n) is 6.37. The van der Waals surface area contributed by atoms with Crippen molar-refractivity contribution >= 4 is 28.1 Å². The van der Waals surface area contributed by atoms with E-state index >= 15 is 0 Å². The van der Waals surface area contributed by atoms with Crippen LogP contribution in [0.5, 0.6) is 0 Å². The summed E-state index contributed by atoms with van der Waals surface area (Å²) < 4.78 is 0. The SMILES string of the molecule is Cc1ncc(CN(C)C(=O)c2ccc3[nH]ccc3c2)s1. The molecule has 102 valence electrons. The van der Waals surface area contributed by atoms with Crippen LogP contribution in [0.3, 0.4) is 0 Å². The van der Waals surface area contributed by atoms with Crippen LogP contribution in [0.4, 0.5) is 0 Å². The Morgan fingerprint density at radius 3 is 3.00 bits per heavy atom. The van der Waals surface area contributed by atoms with Crippen LogP contribution in [0.25, 0.3) is 10.9 Å².